The Kier molecular flexibility index (Phi) is 5.31. The van der Waals surface area contributed by atoms with E-state index in [1.165, 1.54) is 36.4 Å². The van der Waals surface area contributed by atoms with E-state index in [2.05, 4.69) is 14.4 Å². The molecular weight excluding hydrogens is 454 g/mol. The van der Waals surface area contributed by atoms with Crippen molar-refractivity contribution >= 4 is 42.5 Å². The van der Waals surface area contributed by atoms with Gasteiger partial charge in [0.15, 0.2) is 5.58 Å². The van der Waals surface area contributed by atoms with Gasteiger partial charge in [-0.2, -0.15) is 0 Å². The Morgan fingerprint density at radius 2 is 1.50 bits per heavy atom. The Morgan fingerprint density at radius 3 is 2.25 bits per heavy atom. The van der Waals surface area contributed by atoms with E-state index in [4.69, 9.17) is 4.42 Å². The maximum absolute atomic E-state index is 12.9. The molecule has 9 nitrogen and oxygen atoms in total. The van der Waals surface area contributed by atoms with Gasteiger partial charge in [0.25, 0.3) is 20.0 Å². The minimum absolute atomic E-state index is 0.0910. The molecule has 1 heterocycles. The highest BCUT2D eigenvalue weighted by molar-refractivity contribution is 7.93. The molecule has 0 saturated carbocycles. The molecule has 3 aromatic carbocycles. The van der Waals surface area contributed by atoms with Crippen molar-refractivity contribution in [2.45, 2.75) is 23.6 Å². The van der Waals surface area contributed by atoms with Crippen molar-refractivity contribution < 1.29 is 21.3 Å². The lowest BCUT2D eigenvalue weighted by Crippen LogP contribution is -2.16. The van der Waals surface area contributed by atoms with Crippen LogP contribution in [0.1, 0.15) is 11.1 Å². The van der Waals surface area contributed by atoms with Crippen LogP contribution in [0.15, 0.2) is 79.7 Å². The largest absolute Gasteiger partial charge is 0.417 e. The third kappa shape index (κ3) is 4.39. The molecule has 0 unspecified atom stereocenters. The topological polar surface area (TPSA) is 138 Å². The number of H-pyrrole nitrogens is 1. The summed E-state index contributed by atoms with van der Waals surface area (Å²) in [5.74, 6) is -0.697. The minimum Gasteiger partial charge on any atom is -0.408 e. The summed E-state index contributed by atoms with van der Waals surface area (Å²) in [6, 6.07) is 15.0. The van der Waals surface area contributed by atoms with Crippen molar-refractivity contribution in [1.29, 1.82) is 0 Å². The molecule has 0 aliphatic heterocycles. The van der Waals surface area contributed by atoms with E-state index >= 15 is 0 Å². The number of benzene rings is 3. The van der Waals surface area contributed by atoms with Gasteiger partial charge in [-0.1, -0.05) is 18.2 Å². The first kappa shape index (κ1) is 21.7. The molecule has 32 heavy (non-hydrogen) atoms. The van der Waals surface area contributed by atoms with E-state index in [9.17, 15) is 21.6 Å². The van der Waals surface area contributed by atoms with Gasteiger partial charge in [-0.3, -0.25) is 14.4 Å². The molecule has 0 radical (unpaired) electrons. The van der Waals surface area contributed by atoms with Gasteiger partial charge >= 0.3 is 5.76 Å². The number of nitrogens with one attached hydrogen (secondary N) is 3. The van der Waals surface area contributed by atoms with Crippen LogP contribution >= 0.6 is 0 Å². The molecule has 3 N–H and O–H groups in total. The van der Waals surface area contributed by atoms with E-state index in [0.717, 1.165) is 5.56 Å². The maximum atomic E-state index is 12.9. The first-order valence-electron chi connectivity index (χ1n) is 9.39. The zero-order chi connectivity index (χ0) is 23.1. The molecule has 0 fully saturated rings. The highest BCUT2D eigenvalue weighted by Gasteiger charge is 2.20. The van der Waals surface area contributed by atoms with Crippen molar-refractivity contribution in [2.24, 2.45) is 0 Å². The zero-order valence-electron chi connectivity index (χ0n) is 17.0. The quantitative estimate of drug-likeness (QED) is 0.393. The van der Waals surface area contributed by atoms with Gasteiger partial charge in [-0.05, 0) is 61.4 Å². The summed E-state index contributed by atoms with van der Waals surface area (Å²) in [6.07, 6.45) is 0. The van der Waals surface area contributed by atoms with Gasteiger partial charge < -0.3 is 4.42 Å². The molecule has 0 aliphatic carbocycles. The van der Waals surface area contributed by atoms with Crippen LogP contribution in [0.3, 0.4) is 0 Å². The van der Waals surface area contributed by atoms with Crippen molar-refractivity contribution in [3.63, 3.8) is 0 Å². The molecule has 0 atom stereocenters. The molecule has 11 heteroatoms. The standard InChI is InChI=1S/C21H19N3O6S2/c1-13-4-3-5-15(10-13)23-31(26,27)16-7-6-14(2)19(11-16)24-32(28,29)17-8-9-18-20(12-17)30-21(25)22-18/h3-12,23-24H,1-2H3,(H,22,25). The van der Waals surface area contributed by atoms with Crippen LogP contribution in [0.25, 0.3) is 11.1 Å². The molecule has 0 saturated heterocycles. The van der Waals surface area contributed by atoms with Gasteiger partial charge in [0.1, 0.15) is 0 Å². The van der Waals surface area contributed by atoms with Crippen LogP contribution in [-0.2, 0) is 20.0 Å². The van der Waals surface area contributed by atoms with E-state index in [1.54, 1.807) is 25.1 Å². The monoisotopic (exact) mass is 473 g/mol. The second-order valence-electron chi connectivity index (χ2n) is 7.23. The van der Waals surface area contributed by atoms with E-state index in [1.807, 2.05) is 13.0 Å². The van der Waals surface area contributed by atoms with Crippen molar-refractivity contribution in [2.75, 3.05) is 9.44 Å². The Bertz CT molecular complexity index is 1600. The summed E-state index contributed by atoms with van der Waals surface area (Å²) < 4.78 is 61.2. The Labute approximate surface area is 184 Å². The summed E-state index contributed by atoms with van der Waals surface area (Å²) in [7, 11) is -8.04. The predicted octanol–water partition coefficient (Wildman–Crippen LogP) is 3.34. The fourth-order valence-corrected chi connectivity index (χ4v) is 5.31. The first-order chi connectivity index (χ1) is 15.0. The smallest absolute Gasteiger partial charge is 0.408 e. The summed E-state index contributed by atoms with van der Waals surface area (Å²) in [5, 5.41) is 0. The molecule has 0 spiro atoms. The number of fused-ring (bicyclic) bond motifs is 1. The Morgan fingerprint density at radius 1 is 0.812 bits per heavy atom. The average molecular weight is 474 g/mol. The number of anilines is 2. The second kappa shape index (κ2) is 7.84. The van der Waals surface area contributed by atoms with Crippen LogP contribution in [-0.4, -0.2) is 21.8 Å². The maximum Gasteiger partial charge on any atom is 0.417 e. The first-order valence-corrected chi connectivity index (χ1v) is 12.4. The van der Waals surface area contributed by atoms with E-state index in [-0.39, 0.29) is 21.1 Å². The summed E-state index contributed by atoms with van der Waals surface area (Å²) in [6.45, 7) is 3.49. The lowest BCUT2D eigenvalue weighted by molar-refractivity contribution is 0.554. The molecule has 0 amide bonds. The number of oxazole rings is 1. The van der Waals surface area contributed by atoms with Crippen LogP contribution in [0.4, 0.5) is 11.4 Å². The normalized spacial score (nSPS) is 12.1. The number of sulfonamides is 2. The van der Waals surface area contributed by atoms with Crippen molar-refractivity contribution in [1.82, 2.24) is 4.98 Å². The molecule has 0 aliphatic rings. The molecule has 166 valence electrons. The third-order valence-corrected chi connectivity index (χ3v) is 7.48. The van der Waals surface area contributed by atoms with Gasteiger partial charge in [0.2, 0.25) is 0 Å². The SMILES string of the molecule is Cc1cccc(NS(=O)(=O)c2ccc(C)c(NS(=O)(=O)c3ccc4[nH]c(=O)oc4c3)c2)c1. The van der Waals surface area contributed by atoms with Crippen LogP contribution in [0, 0.1) is 13.8 Å². The highest BCUT2D eigenvalue weighted by Crippen LogP contribution is 2.26. The lowest BCUT2D eigenvalue weighted by Gasteiger charge is -2.14. The van der Waals surface area contributed by atoms with Crippen molar-refractivity contribution in [3.05, 3.63) is 82.3 Å². The summed E-state index contributed by atoms with van der Waals surface area (Å²) in [5.41, 5.74) is 2.37. The molecule has 1 aromatic heterocycles. The number of rotatable bonds is 6. The summed E-state index contributed by atoms with van der Waals surface area (Å²) >= 11 is 0. The molecule has 4 rings (SSSR count). The molecule has 0 bridgehead atoms. The van der Waals surface area contributed by atoms with Gasteiger partial charge in [0, 0.05) is 11.8 Å². The minimum atomic E-state index is -4.09. The number of aromatic nitrogens is 1. The predicted molar refractivity (Wildman–Crippen MR) is 121 cm³/mol. The molecular formula is C21H19N3O6S2. The number of hydrogen-bond donors (Lipinski definition) is 3. The third-order valence-electron chi connectivity index (χ3n) is 4.74. The Balaban J connectivity index is 1.66. The van der Waals surface area contributed by atoms with E-state index in [0.29, 0.717) is 16.8 Å². The van der Waals surface area contributed by atoms with E-state index < -0.39 is 25.8 Å². The summed E-state index contributed by atoms with van der Waals surface area (Å²) in [4.78, 5) is 13.5. The van der Waals surface area contributed by atoms with Crippen LogP contribution < -0.4 is 15.2 Å². The van der Waals surface area contributed by atoms with Crippen LogP contribution in [0.2, 0.25) is 0 Å². The van der Waals surface area contributed by atoms with Crippen LogP contribution in [0.5, 0.6) is 0 Å². The van der Waals surface area contributed by atoms with Gasteiger partial charge in [0.05, 0.1) is 21.0 Å². The fourth-order valence-electron chi connectivity index (χ4n) is 3.10. The van der Waals surface area contributed by atoms with Gasteiger partial charge in [-0.25, -0.2) is 21.6 Å². The molecule has 4 aromatic rings. The second-order valence-corrected chi connectivity index (χ2v) is 10.6. The zero-order valence-corrected chi connectivity index (χ0v) is 18.7. The van der Waals surface area contributed by atoms with Crippen molar-refractivity contribution in [3.8, 4) is 0 Å². The Hall–Kier alpha value is -3.57. The lowest BCUT2D eigenvalue weighted by atomic mass is 10.2. The number of aryl methyl sites for hydroxylation is 2. The fraction of sp³-hybridized carbons (Fsp3) is 0.0952. The highest BCUT2D eigenvalue weighted by atomic mass is 32.2. The average Bonchev–Trinajstić information content (AvgIpc) is 3.08. The number of hydrogen-bond acceptors (Lipinski definition) is 6. The van der Waals surface area contributed by atoms with Gasteiger partial charge in [-0.15, -0.1) is 0 Å². The number of aromatic amines is 1.